The largest absolute Gasteiger partial charge is 0.355 e. The van der Waals surface area contributed by atoms with Crippen molar-refractivity contribution >= 4 is 17.6 Å². The summed E-state index contributed by atoms with van der Waals surface area (Å²) in [6.45, 7) is 0. The predicted octanol–water partition coefficient (Wildman–Crippen LogP) is 0.0842. The minimum absolute atomic E-state index is 0.234. The molecule has 5 nitrogen and oxygen atoms in total. The highest BCUT2D eigenvalue weighted by molar-refractivity contribution is 6.30. The molecule has 0 aliphatic rings. The molecule has 1 amide bonds. The number of nitrogens with one attached hydrogen (secondary N) is 1. The van der Waals surface area contributed by atoms with Gasteiger partial charge in [0.1, 0.15) is 0 Å². The molecule has 1 N–H and O–H groups in total. The van der Waals surface area contributed by atoms with E-state index in [-0.39, 0.29) is 5.02 Å². The first-order valence-corrected chi connectivity index (χ1v) is 3.49. The summed E-state index contributed by atoms with van der Waals surface area (Å²) in [6, 6.07) is -0.560. The molecule has 6 heteroatoms. The van der Waals surface area contributed by atoms with Crippen LogP contribution in [0, 0.1) is 0 Å². The van der Waals surface area contributed by atoms with Gasteiger partial charge in [-0.25, -0.2) is 14.2 Å². The van der Waals surface area contributed by atoms with E-state index in [1.54, 1.807) is 0 Å². The lowest BCUT2D eigenvalue weighted by atomic mass is 10.6. The molecule has 0 aliphatic carbocycles. The number of hydrogen-bond donors (Lipinski definition) is 1. The molecule has 0 spiro atoms. The summed E-state index contributed by atoms with van der Waals surface area (Å²) in [5, 5.41) is 2.51. The summed E-state index contributed by atoms with van der Waals surface area (Å²) in [5.74, 6) is 0. The third-order valence-corrected chi connectivity index (χ3v) is 1.38. The molecule has 1 rings (SSSR count). The van der Waals surface area contributed by atoms with E-state index in [1.165, 1.54) is 19.4 Å². The Kier molecular flexibility index (Phi) is 2.44. The van der Waals surface area contributed by atoms with Crippen LogP contribution in [0.1, 0.15) is 0 Å². The average Bonchev–Trinajstić information content (AvgIpc) is 2.08. The van der Waals surface area contributed by atoms with Crippen LogP contribution in [0.25, 0.3) is 0 Å². The van der Waals surface area contributed by atoms with E-state index < -0.39 is 11.7 Å². The molecule has 12 heavy (non-hydrogen) atoms. The monoisotopic (exact) mass is 187 g/mol. The Morgan fingerprint density at radius 2 is 2.42 bits per heavy atom. The first-order chi connectivity index (χ1) is 5.65. The molecule has 0 saturated carbocycles. The highest BCUT2D eigenvalue weighted by Gasteiger charge is 2.04. The van der Waals surface area contributed by atoms with Crippen molar-refractivity contribution in [2.24, 2.45) is 0 Å². The zero-order valence-electron chi connectivity index (χ0n) is 6.24. The highest BCUT2D eigenvalue weighted by Crippen LogP contribution is 2.00. The molecular formula is C6H6ClN3O2. The molecule has 0 fully saturated rings. The number of rotatable bonds is 0. The summed E-state index contributed by atoms with van der Waals surface area (Å²) in [5.41, 5.74) is -0.654. The van der Waals surface area contributed by atoms with Crippen LogP contribution in [-0.4, -0.2) is 22.6 Å². The van der Waals surface area contributed by atoms with Gasteiger partial charge in [0.15, 0.2) is 0 Å². The molecule has 64 valence electrons. The van der Waals surface area contributed by atoms with Gasteiger partial charge in [0.2, 0.25) is 0 Å². The van der Waals surface area contributed by atoms with Gasteiger partial charge in [-0.3, -0.25) is 0 Å². The Morgan fingerprint density at radius 3 is 3.00 bits per heavy atom. The van der Waals surface area contributed by atoms with Crippen LogP contribution in [0.4, 0.5) is 4.79 Å². The first-order valence-electron chi connectivity index (χ1n) is 3.11. The van der Waals surface area contributed by atoms with Crippen LogP contribution >= 0.6 is 11.6 Å². The van der Waals surface area contributed by atoms with Crippen molar-refractivity contribution in [3.05, 3.63) is 27.9 Å². The van der Waals surface area contributed by atoms with Gasteiger partial charge >= 0.3 is 11.7 Å². The minimum atomic E-state index is -0.654. The molecular weight excluding hydrogens is 182 g/mol. The van der Waals surface area contributed by atoms with Crippen molar-refractivity contribution < 1.29 is 4.79 Å². The third kappa shape index (κ3) is 1.62. The number of amides is 1. The molecule has 0 bridgehead atoms. The normalized spacial score (nSPS) is 9.50. The second-order valence-corrected chi connectivity index (χ2v) is 2.42. The molecule has 0 atom stereocenters. The fourth-order valence-electron chi connectivity index (χ4n) is 0.657. The average molecular weight is 188 g/mol. The van der Waals surface area contributed by atoms with Crippen LogP contribution in [-0.2, 0) is 0 Å². The second kappa shape index (κ2) is 3.36. The maximum atomic E-state index is 10.9. The van der Waals surface area contributed by atoms with Gasteiger partial charge in [-0.1, -0.05) is 11.6 Å². The van der Waals surface area contributed by atoms with Crippen LogP contribution in [0.3, 0.4) is 0 Å². The standard InChI is InChI=1S/C6H6ClN3O2/c1-8-5(11)10-3-4(7)2-9-6(10)12/h2-3H,1H3,(H,8,11). The quantitative estimate of drug-likeness (QED) is 0.626. The van der Waals surface area contributed by atoms with Crippen LogP contribution < -0.4 is 11.0 Å². The van der Waals surface area contributed by atoms with Gasteiger partial charge in [0.25, 0.3) is 0 Å². The topological polar surface area (TPSA) is 64.0 Å². The van der Waals surface area contributed by atoms with Gasteiger partial charge in [-0.15, -0.1) is 0 Å². The van der Waals surface area contributed by atoms with E-state index >= 15 is 0 Å². The maximum absolute atomic E-state index is 10.9. The van der Waals surface area contributed by atoms with Crippen molar-refractivity contribution in [1.29, 1.82) is 0 Å². The lowest BCUT2D eigenvalue weighted by Crippen LogP contribution is -2.34. The first kappa shape index (κ1) is 8.73. The molecule has 0 saturated heterocycles. The maximum Gasteiger partial charge on any atom is 0.355 e. The van der Waals surface area contributed by atoms with Gasteiger partial charge in [-0.05, 0) is 0 Å². The van der Waals surface area contributed by atoms with Gasteiger partial charge in [0.05, 0.1) is 11.2 Å². The van der Waals surface area contributed by atoms with Gasteiger partial charge in [0, 0.05) is 13.2 Å². The zero-order chi connectivity index (χ0) is 9.14. The van der Waals surface area contributed by atoms with E-state index in [9.17, 15) is 9.59 Å². The number of nitrogens with zero attached hydrogens (tertiary/aromatic N) is 2. The zero-order valence-corrected chi connectivity index (χ0v) is 7.00. The van der Waals surface area contributed by atoms with Crippen LogP contribution in [0.2, 0.25) is 5.02 Å². The lowest BCUT2D eigenvalue weighted by Gasteiger charge is -2.00. The van der Waals surface area contributed by atoms with Crippen molar-refractivity contribution in [2.75, 3.05) is 7.05 Å². The fourth-order valence-corrected chi connectivity index (χ4v) is 0.803. The van der Waals surface area contributed by atoms with Gasteiger partial charge in [-0.2, -0.15) is 4.98 Å². The fraction of sp³-hybridized carbons (Fsp3) is 0.167. The molecule has 0 unspecified atom stereocenters. The Morgan fingerprint density at radius 1 is 1.75 bits per heavy atom. The summed E-state index contributed by atoms with van der Waals surface area (Å²) in [7, 11) is 1.41. The number of carbonyl (C=O) groups excluding carboxylic acids is 1. The number of hydrogen-bond acceptors (Lipinski definition) is 3. The van der Waals surface area contributed by atoms with Crippen molar-refractivity contribution in [1.82, 2.24) is 14.9 Å². The predicted molar refractivity (Wildman–Crippen MR) is 43.4 cm³/mol. The minimum Gasteiger partial charge on any atom is -0.340 e. The molecule has 0 aromatic carbocycles. The number of halogens is 1. The van der Waals surface area contributed by atoms with Gasteiger partial charge < -0.3 is 5.32 Å². The summed E-state index contributed by atoms with van der Waals surface area (Å²) in [6.07, 6.45) is 2.39. The Hall–Kier alpha value is -1.36. The van der Waals surface area contributed by atoms with E-state index in [1.807, 2.05) is 0 Å². The number of aromatic nitrogens is 2. The summed E-state index contributed by atoms with van der Waals surface area (Å²) in [4.78, 5) is 25.2. The Bertz CT molecular complexity index is 360. The van der Waals surface area contributed by atoms with E-state index in [2.05, 4.69) is 10.3 Å². The van der Waals surface area contributed by atoms with Crippen LogP contribution in [0.5, 0.6) is 0 Å². The smallest absolute Gasteiger partial charge is 0.340 e. The molecule has 1 aromatic rings. The Labute approximate surface area is 73.0 Å². The third-order valence-electron chi connectivity index (χ3n) is 1.19. The van der Waals surface area contributed by atoms with Crippen LogP contribution in [0.15, 0.2) is 17.2 Å². The molecule has 1 aromatic heterocycles. The summed E-state index contributed by atoms with van der Waals surface area (Å²) >= 11 is 5.52. The SMILES string of the molecule is CNC(=O)n1cc(Cl)cnc1=O. The van der Waals surface area contributed by atoms with E-state index in [0.29, 0.717) is 0 Å². The highest BCUT2D eigenvalue weighted by atomic mass is 35.5. The van der Waals surface area contributed by atoms with Crippen molar-refractivity contribution in [3.63, 3.8) is 0 Å². The van der Waals surface area contributed by atoms with Crippen molar-refractivity contribution in [3.8, 4) is 0 Å². The molecule has 0 aliphatic heterocycles. The molecule has 1 heterocycles. The lowest BCUT2D eigenvalue weighted by molar-refractivity contribution is 0.243. The summed E-state index contributed by atoms with van der Waals surface area (Å²) < 4.78 is 0.794. The van der Waals surface area contributed by atoms with Crippen molar-refractivity contribution in [2.45, 2.75) is 0 Å². The Balaban J connectivity index is 3.23. The number of carbonyl (C=O) groups is 1. The molecule has 0 radical (unpaired) electrons. The second-order valence-electron chi connectivity index (χ2n) is 1.98. The van der Waals surface area contributed by atoms with E-state index in [0.717, 1.165) is 4.57 Å². The van der Waals surface area contributed by atoms with E-state index in [4.69, 9.17) is 11.6 Å².